The van der Waals surface area contributed by atoms with Crippen LogP contribution in [0, 0.1) is 5.41 Å². The zero-order valence-corrected chi connectivity index (χ0v) is 14.3. The molecular weight excluding hydrogens is 334 g/mol. The molecule has 0 fully saturated rings. The van der Waals surface area contributed by atoms with Crippen LogP contribution < -0.4 is 5.48 Å². The Bertz CT molecular complexity index is 741. The number of nitrogens with zero attached hydrogens (tertiary/aromatic N) is 3. The van der Waals surface area contributed by atoms with E-state index in [1.54, 1.807) is 12.3 Å². The molecule has 138 valence electrons. The smallest absolute Gasteiger partial charge is 0.267 e. The molecule has 1 amide bonds. The van der Waals surface area contributed by atoms with Gasteiger partial charge in [-0.05, 0) is 38.5 Å². The highest BCUT2D eigenvalue weighted by Gasteiger charge is 2.54. The summed E-state index contributed by atoms with van der Waals surface area (Å²) in [5.74, 6) is -1.08. The Labute approximate surface area is 143 Å². The van der Waals surface area contributed by atoms with Crippen molar-refractivity contribution in [3.8, 4) is 11.4 Å². The first-order valence-corrected chi connectivity index (χ1v) is 7.73. The molecule has 0 saturated heterocycles. The minimum atomic E-state index is -3.16. The minimum Gasteiger partial charge on any atom is -0.383 e. The number of carbonyl (C=O) groups is 1. The van der Waals surface area contributed by atoms with Gasteiger partial charge in [-0.3, -0.25) is 14.7 Å². The summed E-state index contributed by atoms with van der Waals surface area (Å²) in [6.45, 7) is 2.18. The van der Waals surface area contributed by atoms with Gasteiger partial charge in [-0.25, -0.2) is 14.3 Å². The molecule has 2 aromatic rings. The zero-order chi connectivity index (χ0) is 18.8. The number of aromatic nitrogens is 3. The number of carbonyl (C=O) groups excluding carboxylic acids is 1. The molecule has 0 aliphatic heterocycles. The van der Waals surface area contributed by atoms with Crippen LogP contribution in [0.25, 0.3) is 11.4 Å². The molecule has 0 aliphatic rings. The molecule has 7 nitrogen and oxygen atoms in total. The quantitative estimate of drug-likeness (QED) is 0.521. The molecule has 0 aromatic carbocycles. The first kappa shape index (κ1) is 19.1. The highest BCUT2D eigenvalue weighted by molar-refractivity contribution is 5.82. The summed E-state index contributed by atoms with van der Waals surface area (Å²) >= 11 is 0. The van der Waals surface area contributed by atoms with E-state index in [2.05, 4.69) is 5.10 Å². The lowest BCUT2D eigenvalue weighted by molar-refractivity contribution is -0.183. The van der Waals surface area contributed by atoms with E-state index in [0.717, 1.165) is 12.6 Å². The number of aryl methyl sites for hydroxylation is 2. The topological polar surface area (TPSA) is 92.3 Å². The van der Waals surface area contributed by atoms with Gasteiger partial charge in [-0.1, -0.05) is 0 Å². The third-order valence-corrected chi connectivity index (χ3v) is 4.83. The van der Waals surface area contributed by atoms with E-state index < -0.39 is 23.3 Å². The predicted octanol–water partition coefficient (Wildman–Crippen LogP) is 1.81. The number of halogens is 2. The molecule has 9 heteroatoms. The lowest BCUT2D eigenvalue weighted by Gasteiger charge is -2.40. The van der Waals surface area contributed by atoms with Gasteiger partial charge in [0.15, 0.2) is 0 Å². The Morgan fingerprint density at radius 1 is 1.36 bits per heavy atom. The number of hydroxylamine groups is 1. The number of alkyl halides is 2. The predicted molar refractivity (Wildman–Crippen MR) is 85.9 cm³/mol. The summed E-state index contributed by atoms with van der Waals surface area (Å²) < 4.78 is 29.8. The Hall–Kier alpha value is -2.26. The van der Waals surface area contributed by atoms with E-state index in [1.807, 2.05) is 29.9 Å². The van der Waals surface area contributed by atoms with Gasteiger partial charge in [0.05, 0.1) is 11.1 Å². The average Bonchev–Trinajstić information content (AvgIpc) is 3.19. The fourth-order valence-electron chi connectivity index (χ4n) is 2.65. The number of rotatable bonds is 7. The van der Waals surface area contributed by atoms with Crippen molar-refractivity contribution in [3.05, 3.63) is 30.6 Å². The molecule has 2 heterocycles. The normalized spacial score (nSPS) is 16.5. The fourth-order valence-corrected chi connectivity index (χ4v) is 2.65. The van der Waals surface area contributed by atoms with E-state index in [4.69, 9.17) is 5.21 Å². The van der Waals surface area contributed by atoms with Crippen molar-refractivity contribution in [2.24, 2.45) is 12.5 Å². The third-order valence-electron chi connectivity index (χ3n) is 4.83. The summed E-state index contributed by atoms with van der Waals surface area (Å²) in [6.07, 6.45) is 0.227. The average molecular weight is 356 g/mol. The third kappa shape index (κ3) is 3.42. The van der Waals surface area contributed by atoms with Gasteiger partial charge in [-0.2, -0.15) is 5.10 Å². The fraction of sp³-hybridized carbons (Fsp3) is 0.500. The molecule has 2 rings (SSSR count). The van der Waals surface area contributed by atoms with Crippen LogP contribution in [-0.4, -0.2) is 42.6 Å². The van der Waals surface area contributed by atoms with Crippen molar-refractivity contribution in [2.75, 3.05) is 0 Å². The first-order valence-electron chi connectivity index (χ1n) is 7.73. The van der Waals surface area contributed by atoms with Gasteiger partial charge in [0.2, 0.25) is 0 Å². The molecular formula is C16H22F2N4O3. The van der Waals surface area contributed by atoms with Crippen molar-refractivity contribution < 1.29 is 23.9 Å². The second-order valence-electron chi connectivity index (χ2n) is 6.44. The van der Waals surface area contributed by atoms with E-state index in [0.29, 0.717) is 5.69 Å². The molecule has 0 bridgehead atoms. The van der Waals surface area contributed by atoms with Gasteiger partial charge < -0.3 is 9.67 Å². The van der Waals surface area contributed by atoms with Crippen molar-refractivity contribution in [2.45, 2.75) is 38.8 Å². The lowest BCUT2D eigenvalue weighted by Crippen LogP contribution is -2.57. The monoisotopic (exact) mass is 356 g/mol. The van der Waals surface area contributed by atoms with Gasteiger partial charge in [0.1, 0.15) is 11.3 Å². The van der Waals surface area contributed by atoms with Crippen LogP contribution in [0.4, 0.5) is 8.78 Å². The van der Waals surface area contributed by atoms with Crippen LogP contribution in [0.15, 0.2) is 30.6 Å². The maximum Gasteiger partial charge on any atom is 0.267 e. The Morgan fingerprint density at radius 2 is 2.04 bits per heavy atom. The maximum absolute atomic E-state index is 13.2. The molecule has 2 atom stereocenters. The minimum absolute atomic E-state index is 0.108. The van der Waals surface area contributed by atoms with Crippen LogP contribution in [-0.2, 0) is 18.4 Å². The van der Waals surface area contributed by atoms with Crippen LogP contribution in [0.5, 0.6) is 0 Å². The maximum atomic E-state index is 13.2. The standard InChI is InChI=1S/C16H22F2N4O3/c1-15(14(23)20-25,16(2,24)13(17)18)7-10-22-9-6-11(19-22)12-5-4-8-21(12)3/h4-6,8-9,13,24-25H,7,10H2,1-3H3,(H,20,23). The van der Waals surface area contributed by atoms with Gasteiger partial charge in [-0.15, -0.1) is 0 Å². The molecule has 0 aliphatic carbocycles. The summed E-state index contributed by atoms with van der Waals surface area (Å²) in [4.78, 5) is 12.0. The van der Waals surface area contributed by atoms with Gasteiger partial charge in [0.25, 0.3) is 12.3 Å². The highest BCUT2D eigenvalue weighted by atomic mass is 19.3. The van der Waals surface area contributed by atoms with E-state index in [9.17, 15) is 18.7 Å². The first-order chi connectivity index (χ1) is 11.6. The molecule has 0 radical (unpaired) electrons. The molecule has 2 aromatic heterocycles. The molecule has 2 unspecified atom stereocenters. The molecule has 25 heavy (non-hydrogen) atoms. The lowest BCUT2D eigenvalue weighted by atomic mass is 9.71. The van der Waals surface area contributed by atoms with Crippen LogP contribution in [0.2, 0.25) is 0 Å². The number of amides is 1. The Balaban J connectivity index is 2.21. The Morgan fingerprint density at radius 3 is 2.56 bits per heavy atom. The molecule has 0 saturated carbocycles. The summed E-state index contributed by atoms with van der Waals surface area (Å²) in [5.41, 5.74) is -1.57. The molecule has 3 N–H and O–H groups in total. The van der Waals surface area contributed by atoms with Crippen molar-refractivity contribution in [1.29, 1.82) is 0 Å². The largest absolute Gasteiger partial charge is 0.383 e. The summed E-state index contributed by atoms with van der Waals surface area (Å²) in [6, 6.07) is 5.53. The summed E-state index contributed by atoms with van der Waals surface area (Å²) in [7, 11) is 1.87. The van der Waals surface area contributed by atoms with Gasteiger partial charge in [0, 0.05) is 26.0 Å². The number of hydrogen-bond acceptors (Lipinski definition) is 4. The second kappa shape index (κ2) is 6.93. The van der Waals surface area contributed by atoms with E-state index >= 15 is 0 Å². The summed E-state index contributed by atoms with van der Waals surface area (Å²) in [5, 5.41) is 23.4. The van der Waals surface area contributed by atoms with Crippen LogP contribution in [0.1, 0.15) is 20.3 Å². The van der Waals surface area contributed by atoms with Crippen molar-refractivity contribution in [3.63, 3.8) is 0 Å². The number of nitrogens with one attached hydrogen (secondary N) is 1. The van der Waals surface area contributed by atoms with Crippen molar-refractivity contribution in [1.82, 2.24) is 19.8 Å². The van der Waals surface area contributed by atoms with Crippen LogP contribution in [0.3, 0.4) is 0 Å². The van der Waals surface area contributed by atoms with E-state index in [1.165, 1.54) is 17.1 Å². The number of hydrogen-bond donors (Lipinski definition) is 3. The molecule has 0 spiro atoms. The van der Waals surface area contributed by atoms with Gasteiger partial charge >= 0.3 is 0 Å². The second-order valence-corrected chi connectivity index (χ2v) is 6.44. The van der Waals surface area contributed by atoms with Crippen LogP contribution >= 0.6 is 0 Å². The van der Waals surface area contributed by atoms with E-state index in [-0.39, 0.29) is 13.0 Å². The van der Waals surface area contributed by atoms with Crippen molar-refractivity contribution >= 4 is 5.91 Å². The highest BCUT2D eigenvalue weighted by Crippen LogP contribution is 2.39. The SMILES string of the molecule is Cn1cccc1-c1ccn(CCC(C)(C(=O)NO)C(C)(O)C(F)F)n1. The Kier molecular flexibility index (Phi) is 5.28. The zero-order valence-electron chi connectivity index (χ0n) is 14.3. The number of aliphatic hydroxyl groups is 1.